The summed E-state index contributed by atoms with van der Waals surface area (Å²) in [5.41, 5.74) is 0.752. The highest BCUT2D eigenvalue weighted by molar-refractivity contribution is 7.16. The minimum absolute atomic E-state index is 0.0144. The molecule has 37 heavy (non-hydrogen) atoms. The van der Waals surface area contributed by atoms with Crippen molar-refractivity contribution >= 4 is 29.1 Å². The summed E-state index contributed by atoms with van der Waals surface area (Å²) in [5.74, 6) is -2.89. The van der Waals surface area contributed by atoms with Gasteiger partial charge in [0.15, 0.2) is 0 Å². The molecule has 0 aliphatic carbocycles. The highest BCUT2D eigenvalue weighted by Crippen LogP contribution is 2.25. The quantitative estimate of drug-likeness (QED) is 0.377. The third-order valence-electron chi connectivity index (χ3n) is 5.66. The number of nitrogens with zero attached hydrogens (tertiary/aromatic N) is 1. The fourth-order valence-electron chi connectivity index (χ4n) is 3.79. The number of amides is 2. The average molecular weight is 530 g/mol. The molecule has 0 aliphatic heterocycles. The van der Waals surface area contributed by atoms with E-state index in [1.807, 2.05) is 13.8 Å². The van der Waals surface area contributed by atoms with E-state index in [0.717, 1.165) is 16.9 Å². The predicted molar refractivity (Wildman–Crippen MR) is 137 cm³/mol. The molecule has 0 saturated heterocycles. The molecule has 7 nitrogen and oxygen atoms in total. The van der Waals surface area contributed by atoms with Crippen LogP contribution in [0.5, 0.6) is 0 Å². The van der Waals surface area contributed by atoms with E-state index in [4.69, 9.17) is 4.74 Å². The molecule has 3 rings (SSSR count). The molecule has 2 atom stereocenters. The molecule has 0 aliphatic rings. The SMILES string of the molecule is COC(=O)C(C)C[C@H](NC(=O)c1cnc(-c2ccc(F)cc2)s1)C(=O)NC(C)(C)Cc1ccc(F)cc1. The summed E-state index contributed by atoms with van der Waals surface area (Å²) in [6.07, 6.45) is 1.82. The van der Waals surface area contributed by atoms with Crippen molar-refractivity contribution in [2.45, 2.75) is 45.2 Å². The zero-order chi connectivity index (χ0) is 27.2. The van der Waals surface area contributed by atoms with E-state index >= 15 is 0 Å². The maximum atomic E-state index is 13.3. The van der Waals surface area contributed by atoms with Gasteiger partial charge in [0.25, 0.3) is 5.91 Å². The average Bonchev–Trinajstić information content (AvgIpc) is 3.35. The number of benzene rings is 2. The van der Waals surface area contributed by atoms with Gasteiger partial charge in [0.1, 0.15) is 27.6 Å². The number of hydrogen-bond donors (Lipinski definition) is 2. The maximum absolute atomic E-state index is 13.3. The number of esters is 1. The third-order valence-corrected chi connectivity index (χ3v) is 6.70. The van der Waals surface area contributed by atoms with E-state index in [1.165, 1.54) is 37.6 Å². The zero-order valence-electron chi connectivity index (χ0n) is 21.0. The van der Waals surface area contributed by atoms with Gasteiger partial charge in [-0.3, -0.25) is 14.4 Å². The van der Waals surface area contributed by atoms with Crippen LogP contribution in [-0.2, 0) is 20.7 Å². The van der Waals surface area contributed by atoms with Gasteiger partial charge in [0, 0.05) is 11.1 Å². The van der Waals surface area contributed by atoms with Crippen molar-refractivity contribution in [3.63, 3.8) is 0 Å². The Hall–Kier alpha value is -3.66. The van der Waals surface area contributed by atoms with Gasteiger partial charge in [-0.25, -0.2) is 13.8 Å². The van der Waals surface area contributed by atoms with Gasteiger partial charge in [-0.2, -0.15) is 0 Å². The highest BCUT2D eigenvalue weighted by atomic mass is 32.1. The van der Waals surface area contributed by atoms with Crippen LogP contribution in [0.15, 0.2) is 54.7 Å². The Balaban J connectivity index is 1.75. The van der Waals surface area contributed by atoms with E-state index < -0.39 is 35.3 Å². The van der Waals surface area contributed by atoms with Crippen LogP contribution in [0.4, 0.5) is 8.78 Å². The molecular weight excluding hydrogens is 500 g/mol. The van der Waals surface area contributed by atoms with Crippen LogP contribution < -0.4 is 10.6 Å². The Morgan fingerprint density at radius 3 is 2.22 bits per heavy atom. The third kappa shape index (κ3) is 7.91. The first-order chi connectivity index (χ1) is 17.5. The normalized spacial score (nSPS) is 12.9. The second kappa shape index (κ2) is 12.1. The van der Waals surface area contributed by atoms with Crippen LogP contribution >= 0.6 is 11.3 Å². The van der Waals surface area contributed by atoms with Crippen LogP contribution in [0.1, 0.15) is 42.4 Å². The number of methoxy groups -OCH3 is 1. The van der Waals surface area contributed by atoms with Crippen LogP contribution in [0.3, 0.4) is 0 Å². The van der Waals surface area contributed by atoms with Gasteiger partial charge in [0.2, 0.25) is 5.91 Å². The lowest BCUT2D eigenvalue weighted by molar-refractivity contribution is -0.145. The van der Waals surface area contributed by atoms with Gasteiger partial charge in [-0.15, -0.1) is 11.3 Å². The summed E-state index contributed by atoms with van der Waals surface area (Å²) in [6.45, 7) is 5.24. The van der Waals surface area contributed by atoms with Gasteiger partial charge in [-0.05, 0) is 68.7 Å². The fraction of sp³-hybridized carbons (Fsp3) is 0.333. The highest BCUT2D eigenvalue weighted by Gasteiger charge is 2.31. The summed E-state index contributed by atoms with van der Waals surface area (Å²) < 4.78 is 31.3. The molecule has 0 bridgehead atoms. The molecule has 2 aromatic carbocycles. The molecule has 0 fully saturated rings. The minimum Gasteiger partial charge on any atom is -0.469 e. The van der Waals surface area contributed by atoms with Gasteiger partial charge in [0.05, 0.1) is 19.2 Å². The Morgan fingerprint density at radius 2 is 1.62 bits per heavy atom. The molecule has 10 heteroatoms. The largest absolute Gasteiger partial charge is 0.469 e. The van der Waals surface area contributed by atoms with E-state index in [1.54, 1.807) is 31.2 Å². The van der Waals surface area contributed by atoms with E-state index in [9.17, 15) is 23.2 Å². The van der Waals surface area contributed by atoms with Crippen molar-refractivity contribution in [1.29, 1.82) is 0 Å². The number of halogens is 2. The summed E-state index contributed by atoms with van der Waals surface area (Å²) in [4.78, 5) is 42.9. The lowest BCUT2D eigenvalue weighted by Crippen LogP contribution is -2.54. The molecule has 2 N–H and O–H groups in total. The molecule has 1 aromatic heterocycles. The number of hydrogen-bond acceptors (Lipinski definition) is 6. The number of nitrogens with one attached hydrogen (secondary N) is 2. The molecule has 0 radical (unpaired) electrons. The number of carbonyl (C=O) groups is 3. The first-order valence-corrected chi connectivity index (χ1v) is 12.5. The molecule has 3 aromatic rings. The van der Waals surface area contributed by atoms with Crippen molar-refractivity contribution in [2.75, 3.05) is 7.11 Å². The number of aromatic nitrogens is 1. The Morgan fingerprint density at radius 1 is 1.03 bits per heavy atom. The first kappa shape index (κ1) is 27.9. The summed E-state index contributed by atoms with van der Waals surface area (Å²) >= 11 is 1.10. The van der Waals surface area contributed by atoms with Crippen molar-refractivity contribution in [3.05, 3.63) is 76.8 Å². The summed E-state index contributed by atoms with van der Waals surface area (Å²) in [6, 6.07) is 10.7. The smallest absolute Gasteiger partial charge is 0.308 e. The lowest BCUT2D eigenvalue weighted by atomic mass is 9.93. The maximum Gasteiger partial charge on any atom is 0.308 e. The molecule has 1 heterocycles. The molecule has 0 spiro atoms. The van der Waals surface area contributed by atoms with Crippen molar-refractivity contribution < 1.29 is 27.9 Å². The molecule has 0 saturated carbocycles. The molecule has 196 valence electrons. The van der Waals surface area contributed by atoms with Crippen LogP contribution in [-0.4, -0.2) is 41.5 Å². The summed E-state index contributed by atoms with van der Waals surface area (Å²) in [5, 5.41) is 6.16. The predicted octanol–water partition coefficient (Wildman–Crippen LogP) is 4.52. The van der Waals surface area contributed by atoms with E-state index in [-0.39, 0.29) is 22.9 Å². The van der Waals surface area contributed by atoms with Gasteiger partial charge in [-0.1, -0.05) is 19.1 Å². The van der Waals surface area contributed by atoms with E-state index in [2.05, 4.69) is 15.6 Å². The Kier molecular flexibility index (Phi) is 9.09. The number of rotatable bonds is 10. The van der Waals surface area contributed by atoms with Crippen molar-refractivity contribution in [3.8, 4) is 10.6 Å². The number of thiazole rings is 1. The second-order valence-electron chi connectivity index (χ2n) is 9.40. The lowest BCUT2D eigenvalue weighted by Gasteiger charge is -2.30. The topological polar surface area (TPSA) is 97.4 Å². The van der Waals surface area contributed by atoms with Gasteiger partial charge < -0.3 is 15.4 Å². The number of ether oxygens (including phenoxy) is 1. The zero-order valence-corrected chi connectivity index (χ0v) is 21.8. The second-order valence-corrected chi connectivity index (χ2v) is 10.4. The van der Waals surface area contributed by atoms with Crippen LogP contribution in [0, 0.1) is 17.6 Å². The van der Waals surface area contributed by atoms with Gasteiger partial charge >= 0.3 is 5.97 Å². The minimum atomic E-state index is -1.04. The van der Waals surface area contributed by atoms with E-state index in [0.29, 0.717) is 17.0 Å². The van der Waals surface area contributed by atoms with Crippen molar-refractivity contribution in [1.82, 2.24) is 15.6 Å². The Bertz CT molecular complexity index is 1240. The Labute approximate surface area is 218 Å². The van der Waals surface area contributed by atoms with Crippen molar-refractivity contribution in [2.24, 2.45) is 5.92 Å². The standard InChI is InChI=1S/C27H29F2N3O4S/c1-16(26(35)36-4)13-21(23(33)32-27(2,3)14-17-5-9-19(28)10-6-17)31-24(34)22-15-30-25(37-22)18-7-11-20(29)12-8-18/h5-12,15-16,21H,13-14H2,1-4H3,(H,31,34)(H,32,33)/t16?,21-/m0/s1. The fourth-order valence-corrected chi connectivity index (χ4v) is 4.62. The molecular formula is C27H29F2N3O4S. The molecule has 1 unspecified atom stereocenters. The monoisotopic (exact) mass is 529 g/mol. The molecule has 2 amide bonds. The van der Waals surface area contributed by atoms with Crippen LogP contribution in [0.25, 0.3) is 10.6 Å². The summed E-state index contributed by atoms with van der Waals surface area (Å²) in [7, 11) is 1.26. The van der Waals surface area contributed by atoms with Crippen LogP contribution in [0.2, 0.25) is 0 Å². The number of carbonyl (C=O) groups excluding carboxylic acids is 3. The first-order valence-electron chi connectivity index (χ1n) is 11.6.